The fraction of sp³-hybridized carbons (Fsp3) is 0.316. The average Bonchev–Trinajstić information content (AvgIpc) is 3.50. The van der Waals surface area contributed by atoms with Gasteiger partial charge in [-0.25, -0.2) is 4.98 Å². The summed E-state index contributed by atoms with van der Waals surface area (Å²) >= 11 is 3.02. The molecule has 1 aliphatic heterocycles. The van der Waals surface area contributed by atoms with E-state index in [2.05, 4.69) is 42.6 Å². The Hall–Kier alpha value is -2.89. The number of rotatable bonds is 4. The number of H-pyrrole nitrogens is 2. The van der Waals surface area contributed by atoms with Gasteiger partial charge < -0.3 is 10.1 Å². The molecule has 6 heterocycles. The number of ether oxygens (including phenoxy) is 1. The van der Waals surface area contributed by atoms with Crippen molar-refractivity contribution in [3.8, 4) is 27.0 Å². The van der Waals surface area contributed by atoms with Crippen LogP contribution in [0, 0.1) is 0 Å². The highest BCUT2D eigenvalue weighted by molar-refractivity contribution is 7.28. The van der Waals surface area contributed by atoms with Crippen molar-refractivity contribution in [2.75, 3.05) is 6.54 Å². The summed E-state index contributed by atoms with van der Waals surface area (Å²) in [5.74, 6) is 0. The van der Waals surface area contributed by atoms with Crippen molar-refractivity contribution in [3.05, 3.63) is 24.8 Å². The maximum Gasteiger partial charge on any atom is 0.276 e. The molecule has 0 amide bonds. The van der Waals surface area contributed by atoms with Gasteiger partial charge in [0, 0.05) is 34.9 Å². The second-order valence-corrected chi connectivity index (χ2v) is 9.31. The predicted molar refractivity (Wildman–Crippen MR) is 117 cm³/mol. The summed E-state index contributed by atoms with van der Waals surface area (Å²) in [5.41, 5.74) is 3.57. The molecule has 0 bridgehead atoms. The van der Waals surface area contributed by atoms with E-state index in [1.807, 2.05) is 18.6 Å². The van der Waals surface area contributed by atoms with Gasteiger partial charge in [0.05, 0.1) is 17.9 Å². The minimum atomic E-state index is 0.211. The number of aromatic nitrogens is 7. The maximum absolute atomic E-state index is 6.12. The largest absolute Gasteiger partial charge is 0.467 e. The van der Waals surface area contributed by atoms with E-state index >= 15 is 0 Å². The Morgan fingerprint density at radius 3 is 2.87 bits per heavy atom. The molecule has 1 saturated heterocycles. The smallest absolute Gasteiger partial charge is 0.276 e. The zero-order valence-electron chi connectivity index (χ0n) is 16.0. The Morgan fingerprint density at radius 1 is 1.10 bits per heavy atom. The van der Waals surface area contributed by atoms with E-state index in [-0.39, 0.29) is 6.10 Å². The number of nitrogens with one attached hydrogen (secondary N) is 3. The Labute approximate surface area is 178 Å². The third-order valence-electron chi connectivity index (χ3n) is 5.30. The zero-order chi connectivity index (χ0) is 20.1. The summed E-state index contributed by atoms with van der Waals surface area (Å²) in [7, 11) is 0. The second kappa shape index (κ2) is 7.11. The van der Waals surface area contributed by atoms with Crippen LogP contribution in [0.2, 0.25) is 0 Å². The molecule has 5 aromatic rings. The van der Waals surface area contributed by atoms with Crippen molar-refractivity contribution >= 4 is 43.2 Å². The lowest BCUT2D eigenvalue weighted by atomic mass is 10.0. The van der Waals surface area contributed by atoms with Gasteiger partial charge in [0.25, 0.3) is 5.19 Å². The molecule has 0 aromatic carbocycles. The number of piperidine rings is 1. The fourth-order valence-corrected chi connectivity index (χ4v) is 5.79. The third kappa shape index (κ3) is 3.06. The van der Waals surface area contributed by atoms with E-state index in [0.717, 1.165) is 61.8 Å². The molecule has 6 rings (SSSR count). The summed E-state index contributed by atoms with van der Waals surface area (Å²) in [6.45, 7) is 3.17. The van der Waals surface area contributed by atoms with E-state index in [1.165, 1.54) is 22.7 Å². The lowest BCUT2D eigenvalue weighted by Gasteiger charge is -2.27. The van der Waals surface area contributed by atoms with Crippen LogP contribution in [0.15, 0.2) is 24.8 Å². The molecule has 0 spiro atoms. The molecule has 11 heteroatoms. The first kappa shape index (κ1) is 17.9. The van der Waals surface area contributed by atoms with Crippen LogP contribution in [0.4, 0.5) is 0 Å². The third-order valence-corrected chi connectivity index (χ3v) is 7.23. The van der Waals surface area contributed by atoms with Crippen LogP contribution >= 0.6 is 22.7 Å². The number of fused-ring (bicyclic) bond motifs is 2. The second-order valence-electron chi connectivity index (χ2n) is 7.39. The van der Waals surface area contributed by atoms with Crippen LogP contribution in [0.3, 0.4) is 0 Å². The van der Waals surface area contributed by atoms with Gasteiger partial charge in [-0.2, -0.15) is 15.2 Å². The quantitative estimate of drug-likeness (QED) is 0.392. The van der Waals surface area contributed by atoms with Crippen molar-refractivity contribution in [1.82, 2.24) is 40.7 Å². The molecule has 152 valence electrons. The summed E-state index contributed by atoms with van der Waals surface area (Å²) in [6, 6.07) is 0.475. The van der Waals surface area contributed by atoms with Gasteiger partial charge in [0.2, 0.25) is 0 Å². The molecule has 0 unspecified atom stereocenters. The van der Waals surface area contributed by atoms with Gasteiger partial charge in [-0.15, -0.1) is 0 Å². The van der Waals surface area contributed by atoms with Crippen molar-refractivity contribution in [1.29, 1.82) is 0 Å². The minimum absolute atomic E-state index is 0.211. The highest BCUT2D eigenvalue weighted by Gasteiger charge is 2.23. The molecular weight excluding hydrogens is 420 g/mol. The highest BCUT2D eigenvalue weighted by Crippen LogP contribution is 2.39. The first-order chi connectivity index (χ1) is 14.7. The van der Waals surface area contributed by atoms with Crippen LogP contribution in [-0.4, -0.2) is 54.0 Å². The van der Waals surface area contributed by atoms with Crippen LogP contribution in [0.25, 0.3) is 42.4 Å². The Kier molecular flexibility index (Phi) is 4.25. The van der Waals surface area contributed by atoms with Gasteiger partial charge >= 0.3 is 0 Å². The lowest BCUT2D eigenvalue weighted by molar-refractivity contribution is 0.144. The number of thiazole rings is 2. The topological polar surface area (TPSA) is 117 Å². The fourth-order valence-electron chi connectivity index (χ4n) is 3.84. The number of nitrogens with zero attached hydrogens (tertiary/aromatic N) is 5. The molecule has 2 atom stereocenters. The first-order valence-corrected chi connectivity index (χ1v) is 11.4. The van der Waals surface area contributed by atoms with Gasteiger partial charge in [-0.3, -0.25) is 15.2 Å². The van der Waals surface area contributed by atoms with E-state index in [4.69, 9.17) is 9.72 Å². The molecule has 30 heavy (non-hydrogen) atoms. The Morgan fingerprint density at radius 2 is 2.03 bits per heavy atom. The SMILES string of the molecule is C[C@@H]1C[C@@H](Oc2nc3sc(-c4ncc(-c5cn[nH]c5)c5cn[nH]c45)nc3s2)CCN1. The number of hydrogen-bond donors (Lipinski definition) is 3. The monoisotopic (exact) mass is 438 g/mol. The molecule has 0 saturated carbocycles. The van der Waals surface area contributed by atoms with Crippen LogP contribution in [0.5, 0.6) is 5.19 Å². The summed E-state index contributed by atoms with van der Waals surface area (Å²) in [5, 5.41) is 20.1. The average molecular weight is 439 g/mol. The van der Waals surface area contributed by atoms with Crippen LogP contribution in [0.1, 0.15) is 19.8 Å². The predicted octanol–water partition coefficient (Wildman–Crippen LogP) is 3.60. The van der Waals surface area contributed by atoms with Gasteiger partial charge in [0.15, 0.2) is 9.66 Å². The molecule has 9 nitrogen and oxygen atoms in total. The zero-order valence-corrected chi connectivity index (χ0v) is 17.7. The maximum atomic E-state index is 6.12. The van der Waals surface area contributed by atoms with Crippen molar-refractivity contribution in [2.45, 2.75) is 31.9 Å². The Bertz CT molecular complexity index is 1290. The van der Waals surface area contributed by atoms with Gasteiger partial charge in [-0.05, 0) is 26.3 Å². The van der Waals surface area contributed by atoms with Crippen LogP contribution in [-0.2, 0) is 0 Å². The molecule has 3 N–H and O–H groups in total. The van der Waals surface area contributed by atoms with Crippen molar-refractivity contribution in [2.24, 2.45) is 0 Å². The minimum Gasteiger partial charge on any atom is -0.467 e. The van der Waals surface area contributed by atoms with E-state index in [1.54, 1.807) is 6.20 Å². The normalized spacial score (nSPS) is 19.6. The molecule has 5 aromatic heterocycles. The number of hydrogen-bond acceptors (Lipinski definition) is 9. The molecule has 0 radical (unpaired) electrons. The summed E-state index contributed by atoms with van der Waals surface area (Å²) in [4.78, 5) is 15.9. The van der Waals surface area contributed by atoms with E-state index < -0.39 is 0 Å². The lowest BCUT2D eigenvalue weighted by Crippen LogP contribution is -2.40. The van der Waals surface area contributed by atoms with Crippen molar-refractivity contribution in [3.63, 3.8) is 0 Å². The molecular formula is C19H18N8OS2. The summed E-state index contributed by atoms with van der Waals surface area (Å²) in [6.07, 6.45) is 9.48. The van der Waals surface area contributed by atoms with E-state index in [9.17, 15) is 0 Å². The standard InChI is InChI=1S/C19H18N8OS2/c1-9-4-11(2-3-20-9)28-19-26-18-17(30-19)25-16(29-18)15-14-13(8-24-27-14)12(7-21-15)10-5-22-23-6-10/h5-9,11,20H,2-4H2,1H3,(H,22,23)(H,24,27)/t9-,11+/m1/s1. The Balaban J connectivity index is 1.33. The summed E-state index contributed by atoms with van der Waals surface area (Å²) < 4.78 is 6.12. The number of aromatic amines is 2. The molecule has 1 aliphatic rings. The first-order valence-electron chi connectivity index (χ1n) is 9.73. The van der Waals surface area contributed by atoms with E-state index in [0.29, 0.717) is 11.2 Å². The van der Waals surface area contributed by atoms with Crippen molar-refractivity contribution < 1.29 is 4.74 Å². The van der Waals surface area contributed by atoms with Gasteiger partial charge in [-0.1, -0.05) is 22.7 Å². The molecule has 0 aliphatic carbocycles. The van der Waals surface area contributed by atoms with Gasteiger partial charge in [0.1, 0.15) is 16.8 Å². The number of pyridine rings is 1. The highest BCUT2D eigenvalue weighted by atomic mass is 32.1. The van der Waals surface area contributed by atoms with Crippen LogP contribution < -0.4 is 10.1 Å². The molecule has 1 fully saturated rings.